The van der Waals surface area contributed by atoms with Crippen LogP contribution in [0.15, 0.2) is 48.5 Å². The van der Waals surface area contributed by atoms with Crippen LogP contribution in [0.4, 0.5) is 14.5 Å². The minimum Gasteiger partial charge on any atom is -0.369 e. The molecule has 3 aliphatic rings. The van der Waals surface area contributed by atoms with Gasteiger partial charge in [-0.25, -0.2) is 22.2 Å². The molecule has 1 aliphatic heterocycles. The number of anilines is 1. The van der Waals surface area contributed by atoms with Crippen molar-refractivity contribution in [2.75, 3.05) is 29.5 Å². The summed E-state index contributed by atoms with van der Waals surface area (Å²) >= 11 is 1.45. The highest BCUT2D eigenvalue weighted by molar-refractivity contribution is 7.91. The summed E-state index contributed by atoms with van der Waals surface area (Å²) in [5, 5.41) is 13.1. The highest BCUT2D eigenvalue weighted by Gasteiger charge is 2.48. The number of thiazole rings is 1. The predicted octanol–water partition coefficient (Wildman–Crippen LogP) is 5.25. The average molecular weight is 597 g/mol. The number of sulfone groups is 1. The van der Waals surface area contributed by atoms with Crippen LogP contribution in [0, 0.1) is 23.1 Å². The van der Waals surface area contributed by atoms with Crippen LogP contribution in [0.5, 0.6) is 0 Å². The Morgan fingerprint density at radius 1 is 1.05 bits per heavy atom. The van der Waals surface area contributed by atoms with E-state index in [-0.39, 0.29) is 35.6 Å². The number of hydrogen-bond donors (Lipinski definition) is 1. The van der Waals surface area contributed by atoms with Crippen molar-refractivity contribution in [2.45, 2.75) is 49.7 Å². The van der Waals surface area contributed by atoms with Gasteiger partial charge in [-0.2, -0.15) is 5.26 Å². The Hall–Kier alpha value is -3.36. The van der Waals surface area contributed by atoms with Crippen molar-refractivity contribution in [1.82, 2.24) is 10.3 Å². The summed E-state index contributed by atoms with van der Waals surface area (Å²) in [4.78, 5) is 21.3. The van der Waals surface area contributed by atoms with Crippen LogP contribution in [0.1, 0.15) is 43.7 Å². The predicted molar refractivity (Wildman–Crippen MR) is 155 cm³/mol. The second-order valence-corrected chi connectivity index (χ2v) is 14.5. The molecule has 3 aromatic rings. The van der Waals surface area contributed by atoms with Crippen LogP contribution in [-0.4, -0.2) is 55.6 Å². The van der Waals surface area contributed by atoms with Gasteiger partial charge < -0.3 is 10.2 Å². The van der Waals surface area contributed by atoms with Crippen molar-refractivity contribution < 1.29 is 22.0 Å². The smallest absolute Gasteiger partial charge is 0.225 e. The van der Waals surface area contributed by atoms with Crippen molar-refractivity contribution in [3.8, 4) is 27.1 Å². The molecule has 2 aromatic carbocycles. The van der Waals surface area contributed by atoms with Crippen LogP contribution < -0.4 is 10.2 Å². The lowest BCUT2D eigenvalue weighted by molar-refractivity contribution is -0.128. The number of nitrogens with zero attached hydrogens (tertiary/aromatic N) is 3. The Balaban J connectivity index is 1.36. The Kier molecular flexibility index (Phi) is 7.32. The lowest BCUT2D eigenvalue weighted by Gasteiger charge is -2.32. The quantitative estimate of drug-likeness (QED) is 0.417. The third kappa shape index (κ3) is 5.86. The molecule has 1 saturated heterocycles. The van der Waals surface area contributed by atoms with Gasteiger partial charge in [-0.3, -0.25) is 4.79 Å². The number of alkyl halides is 1. The molecule has 214 valence electrons. The molecule has 3 atom stereocenters. The molecule has 0 spiro atoms. The molecule has 3 unspecified atom stereocenters. The van der Waals surface area contributed by atoms with Crippen molar-refractivity contribution in [2.24, 2.45) is 5.92 Å². The van der Waals surface area contributed by atoms with Gasteiger partial charge in [-0.15, -0.1) is 11.3 Å². The van der Waals surface area contributed by atoms with Crippen LogP contribution in [0.2, 0.25) is 0 Å². The molecule has 1 amide bonds. The van der Waals surface area contributed by atoms with Gasteiger partial charge in [0.1, 0.15) is 22.5 Å². The maximum Gasteiger partial charge on any atom is 0.225 e. The van der Waals surface area contributed by atoms with Gasteiger partial charge in [-0.1, -0.05) is 12.1 Å². The summed E-state index contributed by atoms with van der Waals surface area (Å²) in [7, 11) is -2.99. The second kappa shape index (κ2) is 10.8. The minimum absolute atomic E-state index is 0.0671. The molecule has 11 heteroatoms. The molecule has 41 heavy (non-hydrogen) atoms. The molecule has 3 fully saturated rings. The van der Waals surface area contributed by atoms with E-state index in [9.17, 15) is 27.3 Å². The van der Waals surface area contributed by atoms with Crippen molar-refractivity contribution in [3.05, 3.63) is 60.0 Å². The molecule has 7 nitrogen and oxygen atoms in total. The van der Waals surface area contributed by atoms with E-state index < -0.39 is 27.5 Å². The first-order valence-corrected chi connectivity index (χ1v) is 16.5. The zero-order chi connectivity index (χ0) is 28.8. The Morgan fingerprint density at radius 3 is 2.34 bits per heavy atom. The standard InChI is InChI=1S/C30H30F2N4O3S2/c31-21-5-1-20(2-6-21)29-34-26(24-10-7-22(32)17-25(24)28(37)35-30(18-33)11-12-30)27(40-29)19-3-8-23(9-4-19)36-13-15-41(38,39)16-14-36/h1-6,8-9,22,24-25H,7,10-17H2,(H,35,37). The van der Waals surface area contributed by atoms with E-state index >= 15 is 0 Å². The van der Waals surface area contributed by atoms with E-state index in [1.54, 1.807) is 12.1 Å². The fraction of sp³-hybridized carbons (Fsp3) is 0.433. The van der Waals surface area contributed by atoms with Gasteiger partial charge in [0.05, 0.1) is 28.1 Å². The number of nitriles is 1. The Morgan fingerprint density at radius 2 is 1.71 bits per heavy atom. The highest BCUT2D eigenvalue weighted by Crippen LogP contribution is 2.47. The third-order valence-electron chi connectivity index (χ3n) is 8.38. The summed E-state index contributed by atoms with van der Waals surface area (Å²) in [6.07, 6.45) is 0.911. The van der Waals surface area contributed by atoms with Crippen molar-refractivity contribution in [3.63, 3.8) is 0 Å². The molecule has 0 bridgehead atoms. The topological polar surface area (TPSA) is 103 Å². The highest BCUT2D eigenvalue weighted by atomic mass is 32.2. The molecule has 2 heterocycles. The number of carbonyl (C=O) groups is 1. The number of nitrogens with one attached hydrogen (secondary N) is 1. The van der Waals surface area contributed by atoms with Crippen LogP contribution in [0.3, 0.4) is 0 Å². The van der Waals surface area contributed by atoms with Crippen LogP contribution in [0.25, 0.3) is 21.0 Å². The summed E-state index contributed by atoms with van der Waals surface area (Å²) in [5.41, 5.74) is 2.42. The molecular weight excluding hydrogens is 566 g/mol. The number of hydrogen-bond acceptors (Lipinski definition) is 7. The molecule has 1 N–H and O–H groups in total. The van der Waals surface area contributed by atoms with Gasteiger partial charge >= 0.3 is 0 Å². The number of halogens is 2. The maximum absolute atomic E-state index is 14.7. The average Bonchev–Trinajstić information content (AvgIpc) is 3.60. The van der Waals surface area contributed by atoms with E-state index in [1.165, 1.54) is 23.5 Å². The Labute approximate surface area is 242 Å². The van der Waals surface area contributed by atoms with Crippen molar-refractivity contribution >= 4 is 32.8 Å². The van der Waals surface area contributed by atoms with E-state index in [0.717, 1.165) is 21.7 Å². The second-order valence-electron chi connectivity index (χ2n) is 11.2. The zero-order valence-corrected chi connectivity index (χ0v) is 24.0. The summed E-state index contributed by atoms with van der Waals surface area (Å²) in [6, 6.07) is 16.1. The molecule has 6 rings (SSSR count). The van der Waals surface area contributed by atoms with E-state index in [4.69, 9.17) is 4.98 Å². The van der Waals surface area contributed by atoms with Gasteiger partial charge in [0.15, 0.2) is 9.84 Å². The van der Waals surface area contributed by atoms with Gasteiger partial charge in [0, 0.05) is 36.2 Å². The first-order chi connectivity index (χ1) is 19.7. The van der Waals surface area contributed by atoms with E-state index in [1.807, 2.05) is 29.2 Å². The molecule has 1 aromatic heterocycles. The molecular formula is C30H30F2N4O3S2. The lowest BCUT2D eigenvalue weighted by Crippen LogP contribution is -2.44. The monoisotopic (exact) mass is 596 g/mol. The number of benzene rings is 2. The number of carbonyl (C=O) groups excluding carboxylic acids is 1. The van der Waals surface area contributed by atoms with E-state index in [0.29, 0.717) is 49.5 Å². The summed E-state index contributed by atoms with van der Waals surface area (Å²) < 4.78 is 52.1. The SMILES string of the molecule is N#CC1(NC(=O)C2CC(F)CCC2c2nc(-c3ccc(F)cc3)sc2-c2ccc(N3CCS(=O)(=O)CC3)cc2)CC1. The number of aromatic nitrogens is 1. The third-order valence-corrected chi connectivity index (χ3v) is 11.2. The summed E-state index contributed by atoms with van der Waals surface area (Å²) in [6.45, 7) is 0.880. The van der Waals surface area contributed by atoms with Gasteiger partial charge in [0.2, 0.25) is 5.91 Å². The maximum atomic E-state index is 14.7. The summed E-state index contributed by atoms with van der Waals surface area (Å²) in [5.74, 6) is -1.42. The minimum atomic E-state index is -2.99. The molecule has 2 saturated carbocycles. The van der Waals surface area contributed by atoms with E-state index in [2.05, 4.69) is 11.4 Å². The van der Waals surface area contributed by atoms with Crippen LogP contribution in [-0.2, 0) is 14.6 Å². The number of amides is 1. The fourth-order valence-corrected chi connectivity index (χ4v) is 8.10. The molecule has 0 radical (unpaired) electrons. The largest absolute Gasteiger partial charge is 0.369 e. The molecule has 2 aliphatic carbocycles. The first-order valence-electron chi connectivity index (χ1n) is 13.9. The van der Waals surface area contributed by atoms with Crippen molar-refractivity contribution in [1.29, 1.82) is 5.26 Å². The van der Waals surface area contributed by atoms with Crippen LogP contribution >= 0.6 is 11.3 Å². The zero-order valence-electron chi connectivity index (χ0n) is 22.4. The number of rotatable bonds is 6. The Bertz CT molecular complexity index is 1580. The van der Waals surface area contributed by atoms with Gasteiger partial charge in [0.25, 0.3) is 0 Å². The van der Waals surface area contributed by atoms with Gasteiger partial charge in [-0.05, 0) is 74.1 Å². The normalized spacial score (nSPS) is 24.8. The lowest BCUT2D eigenvalue weighted by atomic mass is 9.75. The first kappa shape index (κ1) is 27.8. The fourth-order valence-electron chi connectivity index (χ4n) is 5.75.